The molecule has 0 fully saturated rings. The number of amides is 1. The molecule has 1 aliphatic heterocycles. The van der Waals surface area contributed by atoms with E-state index in [2.05, 4.69) is 5.32 Å². The van der Waals surface area contributed by atoms with Gasteiger partial charge in [0.25, 0.3) is 5.91 Å². The predicted octanol–water partition coefficient (Wildman–Crippen LogP) is 3.51. The van der Waals surface area contributed by atoms with Gasteiger partial charge in [-0.2, -0.15) is 0 Å². The average Bonchev–Trinajstić information content (AvgIpc) is 3.12. The summed E-state index contributed by atoms with van der Waals surface area (Å²) in [5.41, 5.74) is 0.904. The highest BCUT2D eigenvalue weighted by Crippen LogP contribution is 2.34. The summed E-state index contributed by atoms with van der Waals surface area (Å²) in [4.78, 5) is 24.1. The van der Waals surface area contributed by atoms with Gasteiger partial charge in [0.2, 0.25) is 0 Å². The highest BCUT2D eigenvalue weighted by molar-refractivity contribution is 5.89. The molecule has 29 heavy (non-hydrogen) atoms. The molecule has 3 rings (SSSR count). The number of ether oxygens (including phenoxy) is 3. The molecule has 0 bridgehead atoms. The Morgan fingerprint density at radius 3 is 2.69 bits per heavy atom. The van der Waals surface area contributed by atoms with Gasteiger partial charge < -0.3 is 23.9 Å². The zero-order valence-corrected chi connectivity index (χ0v) is 16.6. The Morgan fingerprint density at radius 1 is 1.17 bits per heavy atom. The molecule has 7 heteroatoms. The van der Waals surface area contributed by atoms with Crippen LogP contribution in [0.4, 0.5) is 0 Å². The van der Waals surface area contributed by atoms with E-state index in [0.717, 1.165) is 12.0 Å². The molecule has 2 aromatic rings. The third-order valence-electron chi connectivity index (χ3n) is 4.39. The molecule has 7 nitrogen and oxygen atoms in total. The Labute approximate surface area is 169 Å². The van der Waals surface area contributed by atoms with Gasteiger partial charge in [0.1, 0.15) is 5.76 Å². The number of furan rings is 1. The summed E-state index contributed by atoms with van der Waals surface area (Å²) in [6.45, 7) is 4.86. The van der Waals surface area contributed by atoms with Crippen molar-refractivity contribution in [1.82, 2.24) is 5.32 Å². The van der Waals surface area contributed by atoms with Crippen LogP contribution in [-0.2, 0) is 14.3 Å². The van der Waals surface area contributed by atoms with Crippen LogP contribution in [0.1, 0.15) is 37.6 Å². The second kappa shape index (κ2) is 9.82. The van der Waals surface area contributed by atoms with Crippen LogP contribution in [0.15, 0.2) is 47.1 Å². The molecule has 1 aliphatic rings. The first-order valence-electron chi connectivity index (χ1n) is 9.60. The number of esters is 1. The Morgan fingerprint density at radius 2 is 1.97 bits per heavy atom. The highest BCUT2D eigenvalue weighted by Gasteiger charge is 2.21. The lowest BCUT2D eigenvalue weighted by atomic mass is 9.95. The number of rotatable bonds is 7. The maximum atomic E-state index is 12.3. The van der Waals surface area contributed by atoms with Crippen molar-refractivity contribution in [3.8, 4) is 11.5 Å². The van der Waals surface area contributed by atoms with Crippen LogP contribution in [0, 0.1) is 5.92 Å². The number of carbonyl (C=O) groups excluding carboxylic acids is 2. The van der Waals surface area contributed by atoms with Crippen molar-refractivity contribution in [3.63, 3.8) is 0 Å². The second-order valence-electron chi connectivity index (χ2n) is 7.00. The Bertz CT molecular complexity index is 856. The minimum absolute atomic E-state index is 0.123. The van der Waals surface area contributed by atoms with Crippen molar-refractivity contribution in [2.45, 2.75) is 26.3 Å². The molecule has 1 aromatic carbocycles. The average molecular weight is 399 g/mol. The minimum atomic E-state index is -0.617. The van der Waals surface area contributed by atoms with Gasteiger partial charge in [-0.1, -0.05) is 19.9 Å². The number of fused-ring (bicyclic) bond motifs is 1. The van der Waals surface area contributed by atoms with E-state index >= 15 is 0 Å². The van der Waals surface area contributed by atoms with Gasteiger partial charge in [-0.05, 0) is 41.8 Å². The first-order valence-corrected chi connectivity index (χ1v) is 9.60. The van der Waals surface area contributed by atoms with Crippen molar-refractivity contribution >= 4 is 18.0 Å². The van der Waals surface area contributed by atoms with E-state index < -0.39 is 5.97 Å². The minimum Gasteiger partial charge on any atom is -0.490 e. The molecular weight excluding hydrogens is 374 g/mol. The lowest BCUT2D eigenvalue weighted by Crippen LogP contribution is -2.34. The van der Waals surface area contributed by atoms with Crippen molar-refractivity contribution in [3.05, 3.63) is 54.0 Å². The Hall–Kier alpha value is -3.22. The van der Waals surface area contributed by atoms with Gasteiger partial charge in [0.05, 0.1) is 25.5 Å². The number of hydrogen-bond acceptors (Lipinski definition) is 6. The van der Waals surface area contributed by atoms with Crippen molar-refractivity contribution in [2.24, 2.45) is 5.92 Å². The third-order valence-corrected chi connectivity index (χ3v) is 4.39. The van der Waals surface area contributed by atoms with Crippen LogP contribution >= 0.6 is 0 Å². The number of carbonyl (C=O) groups is 2. The Balaban J connectivity index is 1.58. The van der Waals surface area contributed by atoms with Gasteiger partial charge in [0, 0.05) is 12.5 Å². The summed E-state index contributed by atoms with van der Waals surface area (Å²) < 4.78 is 21.5. The number of nitrogens with one attached hydrogen (secondary N) is 1. The lowest BCUT2D eigenvalue weighted by molar-refractivity contribution is -0.144. The van der Waals surface area contributed by atoms with Crippen molar-refractivity contribution in [2.75, 3.05) is 19.8 Å². The molecule has 0 unspecified atom stereocenters. The van der Waals surface area contributed by atoms with E-state index in [1.165, 1.54) is 18.4 Å². The maximum Gasteiger partial charge on any atom is 0.331 e. The third kappa shape index (κ3) is 5.88. The maximum absolute atomic E-state index is 12.3. The predicted molar refractivity (Wildman–Crippen MR) is 106 cm³/mol. The Kier molecular flexibility index (Phi) is 6.94. The smallest absolute Gasteiger partial charge is 0.331 e. The summed E-state index contributed by atoms with van der Waals surface area (Å²) in [6, 6.07) is 8.83. The van der Waals surface area contributed by atoms with E-state index in [1.807, 2.05) is 32.0 Å². The van der Waals surface area contributed by atoms with Gasteiger partial charge in [0.15, 0.2) is 18.1 Å². The van der Waals surface area contributed by atoms with Gasteiger partial charge in [-0.25, -0.2) is 4.79 Å². The fourth-order valence-electron chi connectivity index (χ4n) is 2.94. The van der Waals surface area contributed by atoms with Gasteiger partial charge in [-0.3, -0.25) is 4.79 Å². The zero-order chi connectivity index (χ0) is 20.6. The quantitative estimate of drug-likeness (QED) is 0.566. The topological polar surface area (TPSA) is 87.0 Å². The molecule has 1 N–H and O–H groups in total. The molecule has 1 aromatic heterocycles. The molecule has 0 radical (unpaired) electrons. The molecule has 0 spiro atoms. The fourth-order valence-corrected chi connectivity index (χ4v) is 2.94. The molecule has 0 saturated heterocycles. The SMILES string of the molecule is CC(C)[C@@H](NC(=O)COC(=O)/C=C/c1ccco1)c1ccc2c(c1)OCCCO2. The van der Waals surface area contributed by atoms with Gasteiger partial charge in [-0.15, -0.1) is 0 Å². The van der Waals surface area contributed by atoms with Crippen molar-refractivity contribution < 1.29 is 28.2 Å². The molecule has 0 saturated carbocycles. The van der Waals surface area contributed by atoms with E-state index in [9.17, 15) is 9.59 Å². The van der Waals surface area contributed by atoms with Crippen LogP contribution < -0.4 is 14.8 Å². The molecule has 1 atom stereocenters. The van der Waals surface area contributed by atoms with E-state index in [-0.39, 0.29) is 24.5 Å². The second-order valence-corrected chi connectivity index (χ2v) is 7.00. The largest absolute Gasteiger partial charge is 0.490 e. The lowest BCUT2D eigenvalue weighted by Gasteiger charge is -2.23. The monoisotopic (exact) mass is 399 g/mol. The first-order chi connectivity index (χ1) is 14.0. The summed E-state index contributed by atoms with van der Waals surface area (Å²) in [5, 5.41) is 2.93. The molecule has 0 aliphatic carbocycles. The van der Waals surface area contributed by atoms with Crippen LogP contribution in [0.5, 0.6) is 11.5 Å². The van der Waals surface area contributed by atoms with Crippen LogP contribution in [0.2, 0.25) is 0 Å². The summed E-state index contributed by atoms with van der Waals surface area (Å²) in [6.07, 6.45) is 5.03. The summed E-state index contributed by atoms with van der Waals surface area (Å²) in [7, 11) is 0. The fraction of sp³-hybridized carbons (Fsp3) is 0.364. The van der Waals surface area contributed by atoms with E-state index in [0.29, 0.717) is 30.5 Å². The van der Waals surface area contributed by atoms with E-state index in [1.54, 1.807) is 12.1 Å². The number of benzene rings is 1. The summed E-state index contributed by atoms with van der Waals surface area (Å²) >= 11 is 0. The summed E-state index contributed by atoms with van der Waals surface area (Å²) in [5.74, 6) is 1.04. The molecule has 1 amide bonds. The number of hydrogen-bond donors (Lipinski definition) is 1. The van der Waals surface area contributed by atoms with Crippen LogP contribution in [-0.4, -0.2) is 31.7 Å². The first kappa shape index (κ1) is 20.5. The zero-order valence-electron chi connectivity index (χ0n) is 16.6. The van der Waals surface area contributed by atoms with E-state index in [4.69, 9.17) is 18.6 Å². The highest BCUT2D eigenvalue weighted by atomic mass is 16.5. The molecular formula is C22H25NO6. The van der Waals surface area contributed by atoms with Crippen LogP contribution in [0.3, 0.4) is 0 Å². The normalized spacial score (nSPS) is 14.4. The molecule has 2 heterocycles. The van der Waals surface area contributed by atoms with Crippen LogP contribution in [0.25, 0.3) is 6.08 Å². The standard InChI is InChI=1S/C22H25NO6/c1-15(2)22(16-6-8-18-19(13-16)28-12-4-11-27-18)23-20(24)14-29-21(25)9-7-17-5-3-10-26-17/h3,5-10,13,15,22H,4,11-12,14H2,1-2H3,(H,23,24)/b9-7+/t22-/m1/s1. The molecule has 154 valence electrons. The van der Waals surface area contributed by atoms with Gasteiger partial charge >= 0.3 is 5.97 Å². The van der Waals surface area contributed by atoms with Crippen molar-refractivity contribution in [1.29, 1.82) is 0 Å².